The lowest BCUT2D eigenvalue weighted by Gasteiger charge is -2.19. The van der Waals surface area contributed by atoms with Crippen molar-refractivity contribution >= 4 is 84.2 Å². The summed E-state index contributed by atoms with van der Waals surface area (Å²) in [6.07, 6.45) is -21.1. The third-order valence-electron chi connectivity index (χ3n) is 23.4. The zero-order valence-corrected chi connectivity index (χ0v) is 83.4. The van der Waals surface area contributed by atoms with Crippen molar-refractivity contribution in [3.05, 3.63) is 137 Å². The maximum Gasteiger partial charge on any atom is 0.277 e. The molecule has 144 heavy (non-hydrogen) atoms. The van der Waals surface area contributed by atoms with E-state index < -0.39 is 308 Å². The first-order chi connectivity index (χ1) is 85.8. The molecule has 8 N–H and O–H groups in total. The standard InChI is InChI=1S/4C25H36N6O4S/c4*1-5-8-20-22-23(31(4)29-20)25(32)28-24(27-22)19-16-18(10-11-21(19)35-15-6-2)36(33,34)26-13-12-17-9-7-14-30(17)3/h4*10-11,16-17,26H,5-9,12-15H2,1-4H3,(H,27,28,32)/i1D3,5D2,8D2,12D2,13D2;1D3,4D3,5D2,12D2,13D2;1D3,4D3,5D2,12D2,13D;1D3,4D3,5D2,12D2. The Labute approximate surface area is 904 Å². The van der Waals surface area contributed by atoms with Crippen molar-refractivity contribution in [2.24, 2.45) is 28.0 Å². The average molecular weight is 2110 g/mol. The first-order valence-corrected chi connectivity index (χ1v) is 51.7. The van der Waals surface area contributed by atoms with Crippen LogP contribution in [0.25, 0.3) is 89.7 Å². The predicted octanol–water partition coefficient (Wildman–Crippen LogP) is 11.3. The number of fused-ring (bicyclic) bond motifs is 4. The molecular formula is C100H144N24O16S4. The van der Waals surface area contributed by atoms with E-state index in [1.165, 1.54) is 43.4 Å². The average Bonchev–Trinajstić information content (AvgIpc) is 1.56. The SMILES string of the molecule is [2H]C(NS(=O)(=O)c1ccc(OCCC)c(-c2nc3c(CC([2H])([2H])C([2H])([2H])[2H])nn(C([2H])([2H])[2H])c3c(=O)[nH]2)c1)C([2H])([2H])C1CCCN1C.[2H]C([2H])(CNS(=O)(=O)c1ccc(OCCC)c(-c2nc3c(CC([2H])([2H])C([2H])([2H])[2H])nn(C([2H])([2H])[2H])c3c(=O)[nH]2)c1)C1CCCN1C.[2H]C([2H])([2H])C([2H])([2H])C([2H])([2H])c1nn(C)c2c(=O)[nH]c(-c3cc(S(=O)(=O)NC([2H])([2H])C([2H])([2H])C4CCCN4C)ccc3OCCC)nc12.[2H]C([2H])([2H])n1nc(CC([2H])([2H])C([2H])([2H])[2H])c2nc(-c3cc(S(=O)(=O)NC([2H])([2H])C([2H])([2H])C4CCCN4C)ccc3OCCC)[nH]c(=O)c21. The van der Waals surface area contributed by atoms with E-state index in [1.807, 2.05) is 28.2 Å². The summed E-state index contributed by atoms with van der Waals surface area (Å²) in [7, 11) is -10.4. The molecule has 4 fully saturated rings. The molecule has 4 aliphatic rings. The zero-order valence-electron chi connectivity index (χ0n) is 124. The van der Waals surface area contributed by atoms with Crippen LogP contribution in [-0.2, 0) is 93.7 Å². The highest BCUT2D eigenvalue weighted by molar-refractivity contribution is 7.90. The lowest BCUT2D eigenvalue weighted by Crippen LogP contribution is -2.31. The molecule has 0 bridgehead atoms. The molecular weight excluding hydrogens is 1920 g/mol. The fourth-order valence-electron chi connectivity index (χ4n) is 16.1. The van der Waals surface area contributed by atoms with Crippen LogP contribution in [0.3, 0.4) is 0 Å². The van der Waals surface area contributed by atoms with Gasteiger partial charge in [0.05, 0.1) is 91.0 Å². The fraction of sp³-hybridized carbons (Fsp3) is 0.560. The first-order valence-electron chi connectivity index (χ1n) is 67.9. The Morgan fingerprint density at radius 2 is 0.653 bits per heavy atom. The summed E-state index contributed by atoms with van der Waals surface area (Å²) in [5.41, 5.74) is -10.3. The van der Waals surface area contributed by atoms with Crippen molar-refractivity contribution in [1.29, 1.82) is 0 Å². The lowest BCUT2D eigenvalue weighted by molar-refractivity contribution is 0.297. The number of hydrogen-bond donors (Lipinski definition) is 8. The Morgan fingerprint density at radius 3 is 0.951 bits per heavy atom. The van der Waals surface area contributed by atoms with Gasteiger partial charge in [-0.1, -0.05) is 80.6 Å². The molecule has 784 valence electrons. The number of likely N-dealkylation sites (tertiary alicyclic amines) is 4. The number of ether oxygens (including phenoxy) is 4. The van der Waals surface area contributed by atoms with Gasteiger partial charge >= 0.3 is 0 Å². The fourth-order valence-corrected chi connectivity index (χ4v) is 19.6. The summed E-state index contributed by atoms with van der Waals surface area (Å²) in [5.74, 6) is -1.15. The number of hydrogen-bond acceptors (Lipinski definition) is 28. The highest BCUT2D eigenvalue weighted by Gasteiger charge is 2.32. The molecule has 4 saturated heterocycles. The number of aryl methyl sites for hydroxylation is 8. The molecule has 5 atom stereocenters. The molecule has 12 heterocycles. The van der Waals surface area contributed by atoms with Gasteiger partial charge in [-0.2, -0.15) is 20.4 Å². The summed E-state index contributed by atoms with van der Waals surface area (Å²) in [6, 6.07) is 11.0. The van der Waals surface area contributed by atoms with Gasteiger partial charge in [-0.25, -0.2) is 72.5 Å². The van der Waals surface area contributed by atoms with Crippen molar-refractivity contribution in [3.8, 4) is 68.5 Å². The van der Waals surface area contributed by atoms with E-state index >= 15 is 0 Å². The van der Waals surface area contributed by atoms with Crippen molar-refractivity contribution in [3.63, 3.8) is 0 Å². The molecule has 12 aromatic rings. The maximum atomic E-state index is 13.6. The molecule has 0 radical (unpaired) electrons. The molecule has 0 saturated carbocycles. The van der Waals surface area contributed by atoms with Crippen LogP contribution in [0.2, 0.25) is 0 Å². The quantitative estimate of drug-likeness (QED) is 0.0176. The van der Waals surface area contributed by atoms with Gasteiger partial charge in [0.25, 0.3) is 22.2 Å². The van der Waals surface area contributed by atoms with Gasteiger partial charge in [-0.05, 0) is 255 Å². The van der Waals surface area contributed by atoms with Crippen molar-refractivity contribution in [2.75, 3.05) is 107 Å². The van der Waals surface area contributed by atoms with Crippen molar-refractivity contribution < 1.29 is 113 Å². The number of rotatable bonds is 44. The number of nitrogens with one attached hydrogen (secondary N) is 8. The summed E-state index contributed by atoms with van der Waals surface area (Å²) >= 11 is 0. The van der Waals surface area contributed by atoms with Crippen LogP contribution in [0.15, 0.2) is 112 Å². The van der Waals surface area contributed by atoms with Gasteiger partial charge < -0.3 is 58.5 Å². The molecule has 0 spiro atoms. The largest absolute Gasteiger partial charge is 0.493 e. The Bertz CT molecular complexity index is 9300. The van der Waals surface area contributed by atoms with E-state index in [2.05, 4.69) is 69.7 Å². The molecule has 8 aromatic heterocycles. The Morgan fingerprint density at radius 1 is 0.368 bits per heavy atom. The van der Waals surface area contributed by atoms with Gasteiger partial charge in [-0.3, -0.25) is 37.9 Å². The van der Waals surface area contributed by atoms with Crippen LogP contribution in [-0.4, -0.2) is 263 Å². The Kier molecular flexibility index (Phi) is 22.5. The van der Waals surface area contributed by atoms with Crippen LogP contribution < -0.4 is 60.1 Å². The van der Waals surface area contributed by atoms with Crippen LogP contribution in [0.4, 0.5) is 0 Å². The summed E-state index contributed by atoms with van der Waals surface area (Å²) in [6.45, 7) is -20.2. The minimum absolute atomic E-state index is 0.00630. The third kappa shape index (κ3) is 26.5. The molecule has 44 heteroatoms. The van der Waals surface area contributed by atoms with Gasteiger partial charge in [0.1, 0.15) is 68.4 Å². The van der Waals surface area contributed by atoms with E-state index in [9.17, 15) is 52.8 Å². The number of aromatic amines is 4. The van der Waals surface area contributed by atoms with Crippen LogP contribution >= 0.6 is 0 Å². The second-order valence-corrected chi connectivity index (χ2v) is 40.4. The smallest absolute Gasteiger partial charge is 0.277 e. The number of nitrogens with zero attached hydrogens (tertiary/aromatic N) is 16. The number of aromatic nitrogens is 16. The number of benzene rings is 4. The minimum atomic E-state index is -4.79. The highest BCUT2D eigenvalue weighted by Crippen LogP contribution is 2.38. The second kappa shape index (κ2) is 49.9. The van der Waals surface area contributed by atoms with Crippen molar-refractivity contribution in [1.82, 2.24) is 117 Å². The third-order valence-corrected chi connectivity index (χ3v) is 28.6. The van der Waals surface area contributed by atoms with E-state index in [1.54, 1.807) is 56.7 Å². The van der Waals surface area contributed by atoms with E-state index in [-0.39, 0.29) is 111 Å². The lowest BCUT2D eigenvalue weighted by atomic mass is 10.1. The van der Waals surface area contributed by atoms with Gasteiger partial charge in [0.2, 0.25) is 40.1 Å². The first kappa shape index (κ1) is 64.8. The maximum absolute atomic E-state index is 13.6. The Balaban J connectivity index is 0.000000203. The monoisotopic (exact) mass is 2110 g/mol. The van der Waals surface area contributed by atoms with Gasteiger partial charge in [0, 0.05) is 139 Å². The summed E-state index contributed by atoms with van der Waals surface area (Å²) in [5, 5.41) is 15.5. The van der Waals surface area contributed by atoms with Gasteiger partial charge in [0.15, 0.2) is 22.1 Å². The van der Waals surface area contributed by atoms with Gasteiger partial charge in [-0.15, -0.1) is 0 Å². The normalized spacial score (nSPS) is 23.2. The second-order valence-electron chi connectivity index (χ2n) is 33.6. The highest BCUT2D eigenvalue weighted by atomic mass is 32.2. The molecule has 4 aliphatic heterocycles. The van der Waals surface area contributed by atoms with E-state index in [0.717, 1.165) is 47.5 Å². The molecule has 5 unspecified atom stereocenters. The number of sulfonamides is 4. The molecule has 0 aliphatic carbocycles. The summed E-state index contributed by atoms with van der Waals surface area (Å²) in [4.78, 5) is 85.4. The van der Waals surface area contributed by atoms with Crippen LogP contribution in [0.1, 0.15) is 266 Å². The minimum Gasteiger partial charge on any atom is -0.493 e. The predicted molar refractivity (Wildman–Crippen MR) is 559 cm³/mol. The molecule has 4 aromatic carbocycles. The zero-order chi connectivity index (χ0) is 142. The molecule has 16 rings (SSSR count). The molecule has 0 amide bonds. The number of H-pyrrole nitrogens is 4. The Hall–Kier alpha value is -11.0. The van der Waals surface area contributed by atoms with E-state index in [0.29, 0.717) is 111 Å². The van der Waals surface area contributed by atoms with E-state index in [4.69, 9.17) is 79.3 Å². The van der Waals surface area contributed by atoms with Crippen LogP contribution in [0, 0.1) is 0 Å². The van der Waals surface area contributed by atoms with Crippen molar-refractivity contribution in [2.45, 2.75) is 253 Å². The molecule has 40 nitrogen and oxygen atoms in total. The topological polar surface area (TPSA) is 489 Å². The summed E-state index contributed by atoms with van der Waals surface area (Å²) < 4.78 is 494. The van der Waals surface area contributed by atoms with Crippen LogP contribution in [0.5, 0.6) is 23.0 Å².